The first-order valence-electron chi connectivity index (χ1n) is 5.35. The first-order valence-corrected chi connectivity index (χ1v) is 5.72. The topological polar surface area (TPSA) is 75.3 Å². The van der Waals surface area contributed by atoms with Crippen LogP contribution < -0.4 is 10.6 Å². The van der Waals surface area contributed by atoms with Gasteiger partial charge >= 0.3 is 0 Å². The molecule has 1 aromatic heterocycles. The van der Waals surface area contributed by atoms with Crippen LogP contribution in [0.3, 0.4) is 0 Å². The average molecular weight is 243 g/mol. The standard InChI is InChI=1S/C10H15ClN4O/c11-8-4-9(14-10(12)13-8)15-3-1-2-7(5-15)6-16/h4,7,16H,1-3,5-6H2,(H2,12,13,14). The van der Waals surface area contributed by atoms with Gasteiger partial charge in [-0.1, -0.05) is 11.6 Å². The van der Waals surface area contributed by atoms with Crippen molar-refractivity contribution < 1.29 is 5.11 Å². The number of nitrogens with two attached hydrogens (primary N) is 1. The number of aliphatic hydroxyl groups excluding tert-OH is 1. The van der Waals surface area contributed by atoms with Gasteiger partial charge in [-0.05, 0) is 18.8 Å². The Hall–Kier alpha value is -1.07. The Bertz CT molecular complexity index is 354. The van der Waals surface area contributed by atoms with Crippen LogP contribution in [0.25, 0.3) is 0 Å². The zero-order valence-corrected chi connectivity index (χ0v) is 9.69. The van der Waals surface area contributed by atoms with Crippen molar-refractivity contribution in [2.45, 2.75) is 12.8 Å². The number of anilines is 2. The summed E-state index contributed by atoms with van der Waals surface area (Å²) in [5.74, 6) is 1.24. The lowest BCUT2D eigenvalue weighted by molar-refractivity contribution is 0.208. The second kappa shape index (κ2) is 4.84. The van der Waals surface area contributed by atoms with Crippen molar-refractivity contribution in [3.8, 4) is 0 Å². The fraction of sp³-hybridized carbons (Fsp3) is 0.600. The van der Waals surface area contributed by atoms with E-state index in [9.17, 15) is 0 Å². The molecule has 16 heavy (non-hydrogen) atoms. The molecule has 6 heteroatoms. The Morgan fingerprint density at radius 3 is 3.06 bits per heavy atom. The number of aliphatic hydroxyl groups is 1. The van der Waals surface area contributed by atoms with Crippen molar-refractivity contribution in [1.29, 1.82) is 0 Å². The number of rotatable bonds is 2. The molecule has 2 heterocycles. The smallest absolute Gasteiger partial charge is 0.223 e. The van der Waals surface area contributed by atoms with Gasteiger partial charge in [0.05, 0.1) is 0 Å². The quantitative estimate of drug-likeness (QED) is 0.755. The fourth-order valence-electron chi connectivity index (χ4n) is 2.01. The van der Waals surface area contributed by atoms with E-state index in [2.05, 4.69) is 14.9 Å². The SMILES string of the molecule is Nc1nc(Cl)cc(N2CCCC(CO)C2)n1. The first kappa shape index (κ1) is 11.4. The number of hydrogen-bond acceptors (Lipinski definition) is 5. The van der Waals surface area contributed by atoms with Crippen molar-refractivity contribution in [3.63, 3.8) is 0 Å². The van der Waals surface area contributed by atoms with Crippen LogP contribution in [0.2, 0.25) is 5.15 Å². The molecule has 0 bridgehead atoms. The van der Waals surface area contributed by atoms with Gasteiger partial charge in [-0.15, -0.1) is 0 Å². The van der Waals surface area contributed by atoms with Crippen LogP contribution in [0.5, 0.6) is 0 Å². The summed E-state index contributed by atoms with van der Waals surface area (Å²) in [7, 11) is 0. The maximum atomic E-state index is 9.15. The number of hydrogen-bond donors (Lipinski definition) is 2. The van der Waals surface area contributed by atoms with E-state index in [0.29, 0.717) is 11.1 Å². The minimum atomic E-state index is 0.189. The molecule has 5 nitrogen and oxygen atoms in total. The van der Waals surface area contributed by atoms with Crippen molar-refractivity contribution in [2.75, 3.05) is 30.3 Å². The van der Waals surface area contributed by atoms with Gasteiger partial charge in [0, 0.05) is 25.8 Å². The molecule has 0 aromatic carbocycles. The van der Waals surface area contributed by atoms with E-state index in [-0.39, 0.29) is 12.6 Å². The summed E-state index contributed by atoms with van der Waals surface area (Å²) in [6, 6.07) is 1.71. The Kier molecular flexibility index (Phi) is 3.46. The molecule has 1 aliphatic rings. The predicted octanol–water partition coefficient (Wildman–Crippen LogP) is 0.921. The van der Waals surface area contributed by atoms with E-state index in [1.165, 1.54) is 0 Å². The zero-order valence-electron chi connectivity index (χ0n) is 8.93. The third-order valence-electron chi connectivity index (χ3n) is 2.80. The highest BCUT2D eigenvalue weighted by molar-refractivity contribution is 6.29. The Balaban J connectivity index is 2.16. The molecule has 1 saturated heterocycles. The number of aromatic nitrogens is 2. The second-order valence-corrected chi connectivity index (χ2v) is 4.43. The minimum Gasteiger partial charge on any atom is -0.396 e. The molecule has 88 valence electrons. The molecule has 1 unspecified atom stereocenters. The highest BCUT2D eigenvalue weighted by atomic mass is 35.5. The summed E-state index contributed by atoms with van der Waals surface area (Å²) < 4.78 is 0. The lowest BCUT2D eigenvalue weighted by Gasteiger charge is -2.32. The van der Waals surface area contributed by atoms with E-state index in [4.69, 9.17) is 22.4 Å². The van der Waals surface area contributed by atoms with Crippen LogP contribution in [0.15, 0.2) is 6.07 Å². The Morgan fingerprint density at radius 1 is 1.56 bits per heavy atom. The number of nitrogen functional groups attached to an aromatic ring is 1. The monoisotopic (exact) mass is 242 g/mol. The largest absolute Gasteiger partial charge is 0.396 e. The van der Waals surface area contributed by atoms with Gasteiger partial charge in [-0.25, -0.2) is 4.98 Å². The molecular weight excluding hydrogens is 228 g/mol. The third-order valence-corrected chi connectivity index (χ3v) is 2.99. The van der Waals surface area contributed by atoms with E-state index >= 15 is 0 Å². The number of halogens is 1. The summed E-state index contributed by atoms with van der Waals surface area (Å²) >= 11 is 5.83. The molecular formula is C10H15ClN4O. The van der Waals surface area contributed by atoms with E-state index in [1.54, 1.807) is 6.07 Å². The van der Waals surface area contributed by atoms with Crippen LogP contribution in [0.1, 0.15) is 12.8 Å². The molecule has 1 atom stereocenters. The van der Waals surface area contributed by atoms with Crippen molar-refractivity contribution in [3.05, 3.63) is 11.2 Å². The average Bonchev–Trinajstić information content (AvgIpc) is 2.28. The van der Waals surface area contributed by atoms with Gasteiger partial charge in [0.15, 0.2) is 0 Å². The molecule has 1 aliphatic heterocycles. The van der Waals surface area contributed by atoms with Gasteiger partial charge in [0.25, 0.3) is 0 Å². The summed E-state index contributed by atoms with van der Waals surface area (Å²) in [6.07, 6.45) is 2.11. The van der Waals surface area contributed by atoms with Gasteiger partial charge in [-0.2, -0.15) is 4.98 Å². The van der Waals surface area contributed by atoms with Gasteiger partial charge in [0.1, 0.15) is 11.0 Å². The van der Waals surface area contributed by atoms with Gasteiger partial charge in [0.2, 0.25) is 5.95 Å². The molecule has 0 amide bonds. The van der Waals surface area contributed by atoms with E-state index in [1.807, 2.05) is 0 Å². The highest BCUT2D eigenvalue weighted by Gasteiger charge is 2.20. The summed E-state index contributed by atoms with van der Waals surface area (Å²) in [4.78, 5) is 10.1. The van der Waals surface area contributed by atoms with Gasteiger partial charge in [-0.3, -0.25) is 0 Å². The molecule has 1 fully saturated rings. The van der Waals surface area contributed by atoms with Crippen molar-refractivity contribution >= 4 is 23.4 Å². The third kappa shape index (κ3) is 2.54. The number of nitrogens with zero attached hydrogens (tertiary/aromatic N) is 3. The normalized spacial score (nSPS) is 21.1. The maximum Gasteiger partial charge on any atom is 0.223 e. The molecule has 0 radical (unpaired) electrons. The second-order valence-electron chi connectivity index (χ2n) is 4.04. The molecule has 0 spiro atoms. The van der Waals surface area contributed by atoms with Gasteiger partial charge < -0.3 is 15.7 Å². The van der Waals surface area contributed by atoms with E-state index < -0.39 is 0 Å². The number of piperidine rings is 1. The van der Waals surface area contributed by atoms with Crippen molar-refractivity contribution in [1.82, 2.24) is 9.97 Å². The Morgan fingerprint density at radius 2 is 2.38 bits per heavy atom. The summed E-state index contributed by atoms with van der Waals surface area (Å²) in [5, 5.41) is 9.51. The first-order chi connectivity index (χ1) is 7.69. The lowest BCUT2D eigenvalue weighted by atomic mass is 9.99. The predicted molar refractivity (Wildman–Crippen MR) is 63.5 cm³/mol. The maximum absolute atomic E-state index is 9.15. The molecule has 0 aliphatic carbocycles. The molecule has 1 aromatic rings. The van der Waals surface area contributed by atoms with Crippen LogP contribution in [0.4, 0.5) is 11.8 Å². The zero-order chi connectivity index (χ0) is 11.5. The molecule has 2 rings (SSSR count). The van der Waals surface area contributed by atoms with Crippen LogP contribution in [0, 0.1) is 5.92 Å². The van der Waals surface area contributed by atoms with Crippen LogP contribution >= 0.6 is 11.6 Å². The molecule has 0 saturated carbocycles. The molecule has 3 N–H and O–H groups in total. The van der Waals surface area contributed by atoms with Crippen LogP contribution in [-0.4, -0.2) is 34.8 Å². The minimum absolute atomic E-state index is 0.189. The van der Waals surface area contributed by atoms with E-state index in [0.717, 1.165) is 31.7 Å². The fourth-order valence-corrected chi connectivity index (χ4v) is 2.19. The summed E-state index contributed by atoms with van der Waals surface area (Å²) in [6.45, 7) is 1.93. The van der Waals surface area contributed by atoms with Crippen LogP contribution in [-0.2, 0) is 0 Å². The lowest BCUT2D eigenvalue weighted by Crippen LogP contribution is -2.37. The Labute approximate surface area is 99.3 Å². The van der Waals surface area contributed by atoms with Crippen molar-refractivity contribution in [2.24, 2.45) is 5.92 Å². The highest BCUT2D eigenvalue weighted by Crippen LogP contribution is 2.23. The summed E-state index contributed by atoms with van der Waals surface area (Å²) in [5.41, 5.74) is 5.55.